The Morgan fingerprint density at radius 2 is 1.70 bits per heavy atom. The lowest BCUT2D eigenvalue weighted by atomic mass is 10.2. The van der Waals surface area contributed by atoms with Crippen LogP contribution < -0.4 is 0 Å². The van der Waals surface area contributed by atoms with Crippen LogP contribution in [0.1, 0.15) is 5.56 Å². The van der Waals surface area contributed by atoms with Crippen molar-refractivity contribution in [2.45, 2.75) is 16.7 Å². The number of thiophene rings is 1. The average molecular weight is 466 g/mol. The molecule has 10 heteroatoms. The largest absolute Gasteiger partial charge is 0.248 e. The highest BCUT2D eigenvalue weighted by atomic mass is 35.5. The molecule has 4 aromatic rings. The fourth-order valence-electron chi connectivity index (χ4n) is 3.03. The molecule has 2 aromatic carbocycles. The number of hydrogen-bond donors (Lipinski definition) is 0. The van der Waals surface area contributed by atoms with Crippen LogP contribution in [-0.2, 0) is 16.9 Å². The topological polar surface area (TPSA) is 64.8 Å². The van der Waals surface area contributed by atoms with Gasteiger partial charge in [0.05, 0.1) is 20.2 Å². The van der Waals surface area contributed by atoms with E-state index in [2.05, 4.69) is 10.1 Å². The lowest BCUT2D eigenvalue weighted by Gasteiger charge is -2.05. The van der Waals surface area contributed by atoms with Crippen LogP contribution >= 0.6 is 22.9 Å². The van der Waals surface area contributed by atoms with E-state index in [1.165, 1.54) is 51.7 Å². The molecule has 0 amide bonds. The normalized spacial score (nSPS) is 11.8. The Morgan fingerprint density at radius 1 is 1.07 bits per heavy atom. The maximum absolute atomic E-state index is 14.1. The highest BCUT2D eigenvalue weighted by Crippen LogP contribution is 2.37. The lowest BCUT2D eigenvalue weighted by Crippen LogP contribution is -2.02. The van der Waals surface area contributed by atoms with Gasteiger partial charge in [0.15, 0.2) is 11.6 Å². The molecule has 0 aliphatic rings. The second-order valence-electron chi connectivity index (χ2n) is 6.49. The van der Waals surface area contributed by atoms with Crippen molar-refractivity contribution in [3.05, 3.63) is 70.1 Å². The molecule has 2 heterocycles. The molecule has 2 aromatic heterocycles. The zero-order chi connectivity index (χ0) is 21.6. The summed E-state index contributed by atoms with van der Waals surface area (Å²) in [6.07, 6.45) is 0. The maximum atomic E-state index is 14.1. The highest BCUT2D eigenvalue weighted by Gasteiger charge is 2.26. The fourth-order valence-corrected chi connectivity index (χ4v) is 6.09. The van der Waals surface area contributed by atoms with Gasteiger partial charge in [-0.15, -0.1) is 11.3 Å². The number of rotatable bonds is 4. The standard InChI is InChI=1S/C20H14ClF2N3O2S2/c1-11-16(30(27,28)13-8-6-12(21)7-9-13)10-29-18(11)20-24-19(25-26(20)2)17-14(22)4-3-5-15(17)23/h3-10H,1-2H3. The first-order valence-corrected chi connectivity index (χ1v) is 11.4. The van der Waals surface area contributed by atoms with E-state index in [0.717, 1.165) is 12.1 Å². The van der Waals surface area contributed by atoms with Crippen LogP contribution in [0.5, 0.6) is 0 Å². The van der Waals surface area contributed by atoms with E-state index in [1.807, 2.05) is 0 Å². The summed E-state index contributed by atoms with van der Waals surface area (Å²) in [6, 6.07) is 9.41. The highest BCUT2D eigenvalue weighted by molar-refractivity contribution is 7.91. The molecule has 0 saturated heterocycles. The summed E-state index contributed by atoms with van der Waals surface area (Å²) in [5, 5.41) is 6.08. The number of aryl methyl sites for hydroxylation is 1. The van der Waals surface area contributed by atoms with E-state index in [4.69, 9.17) is 11.6 Å². The van der Waals surface area contributed by atoms with Crippen LogP contribution in [0.15, 0.2) is 57.6 Å². The average Bonchev–Trinajstić information content (AvgIpc) is 3.25. The monoisotopic (exact) mass is 465 g/mol. The van der Waals surface area contributed by atoms with Crippen molar-refractivity contribution < 1.29 is 17.2 Å². The Kier molecular flexibility index (Phi) is 5.21. The Bertz CT molecular complexity index is 1340. The molecule has 4 rings (SSSR count). The van der Waals surface area contributed by atoms with Gasteiger partial charge in [0.1, 0.15) is 11.6 Å². The van der Waals surface area contributed by atoms with Gasteiger partial charge in [-0.2, -0.15) is 5.10 Å². The Balaban J connectivity index is 1.80. The van der Waals surface area contributed by atoms with Gasteiger partial charge in [-0.3, -0.25) is 0 Å². The van der Waals surface area contributed by atoms with Crippen LogP contribution in [0.25, 0.3) is 22.1 Å². The third kappa shape index (κ3) is 3.42. The molecular weight excluding hydrogens is 452 g/mol. The van der Waals surface area contributed by atoms with Gasteiger partial charge in [-0.1, -0.05) is 17.7 Å². The van der Waals surface area contributed by atoms with Crippen molar-refractivity contribution in [2.24, 2.45) is 7.05 Å². The van der Waals surface area contributed by atoms with Gasteiger partial charge in [-0.25, -0.2) is 26.9 Å². The van der Waals surface area contributed by atoms with Gasteiger partial charge < -0.3 is 0 Å². The number of sulfone groups is 1. The predicted molar refractivity (Wildman–Crippen MR) is 111 cm³/mol. The van der Waals surface area contributed by atoms with Gasteiger partial charge >= 0.3 is 0 Å². The third-order valence-corrected chi connectivity index (χ3v) is 7.93. The summed E-state index contributed by atoms with van der Waals surface area (Å²) in [6.45, 7) is 1.66. The molecule has 0 saturated carbocycles. The van der Waals surface area contributed by atoms with Crippen LogP contribution in [0.4, 0.5) is 8.78 Å². The molecule has 30 heavy (non-hydrogen) atoms. The SMILES string of the molecule is Cc1c(S(=O)(=O)c2ccc(Cl)cc2)csc1-c1nc(-c2c(F)cccc2F)nn1C. The minimum Gasteiger partial charge on any atom is -0.248 e. The molecule has 0 spiro atoms. The number of hydrogen-bond acceptors (Lipinski definition) is 5. The van der Waals surface area contributed by atoms with Crippen LogP contribution in [-0.4, -0.2) is 23.2 Å². The van der Waals surface area contributed by atoms with E-state index < -0.39 is 21.5 Å². The number of nitrogens with zero attached hydrogens (tertiary/aromatic N) is 3. The molecule has 0 aliphatic heterocycles. The lowest BCUT2D eigenvalue weighted by molar-refractivity contribution is 0.587. The number of aromatic nitrogens is 3. The quantitative estimate of drug-likeness (QED) is 0.411. The van der Waals surface area contributed by atoms with Crippen molar-refractivity contribution >= 4 is 32.8 Å². The summed E-state index contributed by atoms with van der Waals surface area (Å²) in [5.74, 6) is -1.35. The molecule has 0 aliphatic carbocycles. The van der Waals surface area contributed by atoms with Crippen molar-refractivity contribution in [1.82, 2.24) is 14.8 Å². The van der Waals surface area contributed by atoms with Crippen LogP contribution in [0, 0.1) is 18.6 Å². The number of halogens is 3. The second-order valence-corrected chi connectivity index (χ2v) is 9.72. The molecule has 5 nitrogen and oxygen atoms in total. The van der Waals surface area contributed by atoms with Crippen molar-refractivity contribution in [3.8, 4) is 22.1 Å². The fraction of sp³-hybridized carbons (Fsp3) is 0.100. The second kappa shape index (κ2) is 7.57. The first-order valence-electron chi connectivity index (χ1n) is 8.64. The Morgan fingerprint density at radius 3 is 2.33 bits per heavy atom. The van der Waals surface area contributed by atoms with Gasteiger partial charge in [0, 0.05) is 17.5 Å². The summed E-state index contributed by atoms with van der Waals surface area (Å²) in [5.41, 5.74) is 0.147. The molecule has 0 atom stereocenters. The Labute approximate surface area is 180 Å². The van der Waals surface area contributed by atoms with E-state index in [0.29, 0.717) is 21.3 Å². The molecule has 154 valence electrons. The van der Waals surface area contributed by atoms with Gasteiger partial charge in [0.2, 0.25) is 9.84 Å². The van der Waals surface area contributed by atoms with Gasteiger partial charge in [-0.05, 0) is 48.9 Å². The summed E-state index contributed by atoms with van der Waals surface area (Å²) >= 11 is 7.02. The maximum Gasteiger partial charge on any atom is 0.207 e. The number of benzene rings is 2. The van der Waals surface area contributed by atoms with Gasteiger partial charge in [0.25, 0.3) is 0 Å². The minimum absolute atomic E-state index is 0.113. The van der Waals surface area contributed by atoms with E-state index in [-0.39, 0.29) is 21.2 Å². The molecule has 0 unspecified atom stereocenters. The summed E-state index contributed by atoms with van der Waals surface area (Å²) in [4.78, 5) is 5.07. The van der Waals surface area contributed by atoms with Crippen molar-refractivity contribution in [2.75, 3.05) is 0 Å². The van der Waals surface area contributed by atoms with Crippen molar-refractivity contribution in [3.63, 3.8) is 0 Å². The van der Waals surface area contributed by atoms with Crippen LogP contribution in [0.3, 0.4) is 0 Å². The van der Waals surface area contributed by atoms with Crippen LogP contribution in [0.2, 0.25) is 5.02 Å². The third-order valence-electron chi connectivity index (χ3n) is 4.56. The molecule has 0 fully saturated rings. The molecular formula is C20H14ClF2N3O2S2. The minimum atomic E-state index is -3.77. The Hall–Kier alpha value is -2.62. The molecule has 0 radical (unpaired) electrons. The van der Waals surface area contributed by atoms with E-state index in [9.17, 15) is 17.2 Å². The van der Waals surface area contributed by atoms with Crippen molar-refractivity contribution in [1.29, 1.82) is 0 Å². The van der Waals surface area contributed by atoms with E-state index in [1.54, 1.807) is 14.0 Å². The first-order chi connectivity index (χ1) is 14.2. The zero-order valence-electron chi connectivity index (χ0n) is 15.7. The first kappa shape index (κ1) is 20.6. The summed E-state index contributed by atoms with van der Waals surface area (Å²) < 4.78 is 55.7. The molecule has 0 N–H and O–H groups in total. The van der Waals surface area contributed by atoms with E-state index >= 15 is 0 Å². The zero-order valence-corrected chi connectivity index (χ0v) is 18.1. The predicted octanol–water partition coefficient (Wildman–Crippen LogP) is 5.28. The summed E-state index contributed by atoms with van der Waals surface area (Å²) in [7, 11) is -2.19. The smallest absolute Gasteiger partial charge is 0.207 e. The molecule has 0 bridgehead atoms.